The number of hydrogen-bond donors (Lipinski definition) is 0. The summed E-state index contributed by atoms with van der Waals surface area (Å²) in [7, 11) is 0. The highest BCUT2D eigenvalue weighted by atomic mass is 32.2. The zero-order chi connectivity index (χ0) is 12.3. The Balaban J connectivity index is 2.02. The van der Waals surface area contributed by atoms with E-state index in [4.69, 9.17) is 0 Å². The number of carbonyl (C=O) groups is 1. The first-order valence-corrected chi connectivity index (χ1v) is 6.87. The second-order valence-electron chi connectivity index (χ2n) is 4.08. The highest BCUT2D eigenvalue weighted by Gasteiger charge is 2.22. The summed E-state index contributed by atoms with van der Waals surface area (Å²) in [5, 5.41) is 0.849. The van der Waals surface area contributed by atoms with Crippen LogP contribution in [-0.2, 0) is 11.2 Å². The van der Waals surface area contributed by atoms with Crippen molar-refractivity contribution in [2.45, 2.75) is 13.3 Å². The summed E-state index contributed by atoms with van der Waals surface area (Å²) < 4.78 is 0. The third-order valence-corrected chi connectivity index (χ3v) is 3.48. The third kappa shape index (κ3) is 2.88. The number of nitrogens with zero attached hydrogens (tertiary/aromatic N) is 2. The van der Waals surface area contributed by atoms with E-state index in [1.54, 1.807) is 4.90 Å². The molecule has 0 radical (unpaired) electrons. The quantitative estimate of drug-likeness (QED) is 0.803. The largest absolute Gasteiger partial charge is 0.289 e. The predicted molar refractivity (Wildman–Crippen MR) is 72.4 cm³/mol. The van der Waals surface area contributed by atoms with Gasteiger partial charge in [-0.2, -0.15) is 0 Å². The minimum Gasteiger partial charge on any atom is -0.289 e. The van der Waals surface area contributed by atoms with Crippen molar-refractivity contribution in [3.8, 4) is 0 Å². The molecular weight excluding hydrogens is 232 g/mol. The van der Waals surface area contributed by atoms with Gasteiger partial charge in [0.25, 0.3) is 0 Å². The van der Waals surface area contributed by atoms with Gasteiger partial charge in [0.05, 0.1) is 13.0 Å². The van der Waals surface area contributed by atoms with E-state index in [1.165, 1.54) is 17.3 Å². The fraction of sp³-hybridized carbons (Fsp3) is 0.385. The van der Waals surface area contributed by atoms with Gasteiger partial charge in [-0.3, -0.25) is 14.7 Å². The average molecular weight is 248 g/mol. The fourth-order valence-electron chi connectivity index (χ4n) is 1.81. The number of amides is 1. The molecule has 0 fully saturated rings. The smallest absolute Gasteiger partial charge is 0.233 e. The molecule has 0 spiro atoms. The highest BCUT2D eigenvalue weighted by molar-refractivity contribution is 8.13. The summed E-state index contributed by atoms with van der Waals surface area (Å²) in [4.78, 5) is 18.2. The number of rotatable bonds is 2. The van der Waals surface area contributed by atoms with E-state index in [1.807, 2.05) is 37.4 Å². The van der Waals surface area contributed by atoms with E-state index in [9.17, 15) is 4.79 Å². The van der Waals surface area contributed by atoms with E-state index < -0.39 is 0 Å². The monoisotopic (exact) mass is 248 g/mol. The maximum Gasteiger partial charge on any atom is 0.233 e. The zero-order valence-corrected chi connectivity index (χ0v) is 11.0. The predicted octanol–water partition coefficient (Wildman–Crippen LogP) is 2.10. The molecule has 1 aliphatic rings. The summed E-state index contributed by atoms with van der Waals surface area (Å²) in [5.74, 6) is 0.138. The first-order chi connectivity index (χ1) is 8.20. The summed E-state index contributed by atoms with van der Waals surface area (Å²) in [6, 6.07) is 8.10. The molecule has 3 nitrogen and oxygen atoms in total. The van der Waals surface area contributed by atoms with Crippen LogP contribution >= 0.6 is 11.8 Å². The first kappa shape index (κ1) is 12.2. The molecule has 0 aliphatic carbocycles. The van der Waals surface area contributed by atoms with E-state index >= 15 is 0 Å². The Kier molecular flexibility index (Phi) is 3.84. The lowest BCUT2D eigenvalue weighted by Gasteiger charge is -2.16. The lowest BCUT2D eigenvalue weighted by Crippen LogP contribution is -2.33. The molecule has 0 N–H and O–H groups in total. The van der Waals surface area contributed by atoms with Crippen LogP contribution in [0.4, 0.5) is 0 Å². The molecule has 0 saturated heterocycles. The van der Waals surface area contributed by atoms with Crippen molar-refractivity contribution in [2.24, 2.45) is 4.99 Å². The molecular formula is C13H16N2OS. The van der Waals surface area contributed by atoms with Gasteiger partial charge < -0.3 is 0 Å². The summed E-state index contributed by atoms with van der Waals surface area (Å²) in [6.45, 7) is 3.50. The summed E-state index contributed by atoms with van der Waals surface area (Å²) in [6.07, 6.45) is 2.41. The molecule has 2 rings (SSSR count). The van der Waals surface area contributed by atoms with Crippen molar-refractivity contribution in [1.82, 2.24) is 4.90 Å². The molecule has 17 heavy (non-hydrogen) atoms. The van der Waals surface area contributed by atoms with E-state index in [0.29, 0.717) is 6.42 Å². The lowest BCUT2D eigenvalue weighted by molar-refractivity contribution is -0.126. The lowest BCUT2D eigenvalue weighted by atomic mass is 10.1. The van der Waals surface area contributed by atoms with E-state index in [2.05, 4.69) is 4.99 Å². The standard InChI is InChI=1S/C13H16N2OS/c1-10-3-5-11(6-4-10)9-12(16)15-8-7-14-13(15)17-2/h3-6H,7-9H2,1-2H3. The van der Waals surface area contributed by atoms with E-state index in [-0.39, 0.29) is 5.91 Å². The van der Waals surface area contributed by atoms with Crippen LogP contribution in [-0.4, -0.2) is 35.3 Å². The Morgan fingerprint density at radius 3 is 2.76 bits per heavy atom. The summed E-state index contributed by atoms with van der Waals surface area (Å²) >= 11 is 1.54. The van der Waals surface area contributed by atoms with Gasteiger partial charge in [-0.05, 0) is 18.7 Å². The first-order valence-electron chi connectivity index (χ1n) is 5.65. The van der Waals surface area contributed by atoms with Crippen molar-refractivity contribution in [3.63, 3.8) is 0 Å². The van der Waals surface area contributed by atoms with Crippen LogP contribution in [0.5, 0.6) is 0 Å². The topological polar surface area (TPSA) is 32.7 Å². The number of thioether (sulfide) groups is 1. The Morgan fingerprint density at radius 2 is 2.12 bits per heavy atom. The van der Waals surface area contributed by atoms with Crippen LogP contribution < -0.4 is 0 Å². The van der Waals surface area contributed by atoms with Crippen LogP contribution in [0.3, 0.4) is 0 Å². The Labute approximate surface area is 106 Å². The molecule has 0 unspecified atom stereocenters. The minimum absolute atomic E-state index is 0.138. The SMILES string of the molecule is CSC1=NCCN1C(=O)Cc1ccc(C)cc1. The van der Waals surface area contributed by atoms with Gasteiger partial charge in [-0.25, -0.2) is 0 Å². The van der Waals surface area contributed by atoms with Crippen molar-refractivity contribution in [3.05, 3.63) is 35.4 Å². The van der Waals surface area contributed by atoms with Crippen molar-refractivity contribution < 1.29 is 4.79 Å². The molecule has 1 amide bonds. The molecule has 0 aromatic heterocycles. The van der Waals surface area contributed by atoms with Crippen LogP contribution in [0, 0.1) is 6.92 Å². The van der Waals surface area contributed by atoms with Gasteiger partial charge in [0.1, 0.15) is 0 Å². The van der Waals surface area contributed by atoms with E-state index in [0.717, 1.165) is 23.8 Å². The zero-order valence-electron chi connectivity index (χ0n) is 10.1. The molecule has 1 aliphatic heterocycles. The van der Waals surface area contributed by atoms with Gasteiger partial charge in [0.15, 0.2) is 5.17 Å². The Morgan fingerprint density at radius 1 is 1.41 bits per heavy atom. The van der Waals surface area contributed by atoms with Gasteiger partial charge >= 0.3 is 0 Å². The Bertz CT molecular complexity index is 439. The molecule has 0 atom stereocenters. The Hall–Kier alpha value is -1.29. The number of aryl methyl sites for hydroxylation is 1. The van der Waals surface area contributed by atoms with Gasteiger partial charge in [-0.15, -0.1) is 0 Å². The van der Waals surface area contributed by atoms with Crippen molar-refractivity contribution in [1.29, 1.82) is 0 Å². The average Bonchev–Trinajstić information content (AvgIpc) is 2.80. The highest BCUT2D eigenvalue weighted by Crippen LogP contribution is 2.14. The molecule has 0 bridgehead atoms. The molecule has 1 aromatic carbocycles. The van der Waals surface area contributed by atoms with Gasteiger partial charge in [0, 0.05) is 6.54 Å². The normalized spacial score (nSPS) is 14.9. The number of benzene rings is 1. The number of amidine groups is 1. The summed E-state index contributed by atoms with van der Waals surface area (Å²) in [5.41, 5.74) is 2.28. The minimum atomic E-state index is 0.138. The maximum atomic E-state index is 12.1. The maximum absolute atomic E-state index is 12.1. The molecule has 4 heteroatoms. The van der Waals surface area contributed by atoms with Crippen LogP contribution in [0.2, 0.25) is 0 Å². The van der Waals surface area contributed by atoms with Crippen LogP contribution in [0.1, 0.15) is 11.1 Å². The fourth-order valence-corrected chi connectivity index (χ4v) is 2.44. The van der Waals surface area contributed by atoms with Crippen molar-refractivity contribution >= 4 is 22.8 Å². The number of aliphatic imine (C=N–C) groups is 1. The van der Waals surface area contributed by atoms with Gasteiger partial charge in [-0.1, -0.05) is 41.6 Å². The molecule has 1 aromatic rings. The molecule has 1 heterocycles. The molecule has 0 saturated carbocycles. The number of carbonyl (C=O) groups excluding carboxylic acids is 1. The second kappa shape index (κ2) is 5.36. The second-order valence-corrected chi connectivity index (χ2v) is 4.85. The van der Waals surface area contributed by atoms with Crippen LogP contribution in [0.25, 0.3) is 0 Å². The third-order valence-electron chi connectivity index (χ3n) is 2.76. The van der Waals surface area contributed by atoms with Gasteiger partial charge in [0.2, 0.25) is 5.91 Å². The number of hydrogen-bond acceptors (Lipinski definition) is 3. The van der Waals surface area contributed by atoms with Crippen molar-refractivity contribution in [2.75, 3.05) is 19.3 Å². The van der Waals surface area contributed by atoms with Crippen LogP contribution in [0.15, 0.2) is 29.3 Å². The molecule has 90 valence electrons.